The summed E-state index contributed by atoms with van der Waals surface area (Å²) in [6.07, 6.45) is 2.33. The van der Waals surface area contributed by atoms with Gasteiger partial charge in [-0.1, -0.05) is 48.0 Å². The van der Waals surface area contributed by atoms with Gasteiger partial charge in [-0.15, -0.1) is 0 Å². The van der Waals surface area contributed by atoms with Gasteiger partial charge in [0, 0.05) is 18.2 Å². The van der Waals surface area contributed by atoms with Gasteiger partial charge in [-0.05, 0) is 49.9 Å². The fourth-order valence-electron chi connectivity index (χ4n) is 6.56. The number of carbonyl (C=O) groups excluding carboxylic acids is 3. The Labute approximate surface area is 191 Å². The molecule has 0 saturated carbocycles. The summed E-state index contributed by atoms with van der Waals surface area (Å²) in [7, 11) is 0. The maximum Gasteiger partial charge on any atom is 0.250 e. The van der Waals surface area contributed by atoms with Crippen LogP contribution in [-0.4, -0.2) is 46.7 Å². The number of halogens is 1. The Hall–Kier alpha value is -2.70. The molecule has 4 atom stereocenters. The van der Waals surface area contributed by atoms with Gasteiger partial charge < -0.3 is 5.32 Å². The monoisotopic (exact) mass is 449 g/mol. The molecule has 2 aromatic rings. The first-order valence-corrected chi connectivity index (χ1v) is 11.6. The van der Waals surface area contributed by atoms with E-state index in [9.17, 15) is 14.4 Å². The van der Waals surface area contributed by atoms with E-state index >= 15 is 0 Å². The first-order valence-electron chi connectivity index (χ1n) is 11.2. The predicted molar refractivity (Wildman–Crippen MR) is 120 cm³/mol. The molecule has 3 fully saturated rings. The van der Waals surface area contributed by atoms with E-state index < -0.39 is 17.4 Å². The highest BCUT2D eigenvalue weighted by molar-refractivity contribution is 6.35. The van der Waals surface area contributed by atoms with Crippen molar-refractivity contribution in [2.24, 2.45) is 11.8 Å². The highest BCUT2D eigenvalue weighted by Crippen LogP contribution is 2.61. The molecule has 32 heavy (non-hydrogen) atoms. The maximum atomic E-state index is 13.8. The molecular weight excluding hydrogens is 426 g/mol. The van der Waals surface area contributed by atoms with Crippen LogP contribution in [0, 0.1) is 18.8 Å². The molecule has 4 aliphatic rings. The summed E-state index contributed by atoms with van der Waals surface area (Å²) in [6.45, 7) is 2.96. The molecule has 0 bridgehead atoms. The molecule has 0 aromatic heterocycles. The molecule has 164 valence electrons. The molecule has 7 heteroatoms. The Morgan fingerprint density at radius 3 is 2.69 bits per heavy atom. The molecule has 3 amide bonds. The lowest BCUT2D eigenvalue weighted by molar-refractivity contribution is -0.145. The largest absolute Gasteiger partial charge is 0.323 e. The van der Waals surface area contributed by atoms with Gasteiger partial charge in [0.2, 0.25) is 11.8 Å². The van der Waals surface area contributed by atoms with E-state index in [0.717, 1.165) is 29.5 Å². The molecule has 6 rings (SSSR count). The fourth-order valence-corrected chi connectivity index (χ4v) is 6.88. The van der Waals surface area contributed by atoms with Gasteiger partial charge in [0.1, 0.15) is 5.54 Å². The lowest BCUT2D eigenvalue weighted by Crippen LogP contribution is -2.54. The second kappa shape index (κ2) is 6.90. The Morgan fingerprint density at radius 1 is 1.12 bits per heavy atom. The van der Waals surface area contributed by atoms with Crippen molar-refractivity contribution in [1.29, 1.82) is 0 Å². The third kappa shape index (κ3) is 2.42. The summed E-state index contributed by atoms with van der Waals surface area (Å²) in [5.41, 5.74) is 2.18. The SMILES string of the molecule is Cc1cc(Cl)c2c(c1)C1(C(=O)N2)C2C(=O)N(CCc3ccccc3)C(=O)C2C2CCCN21. The number of rotatable bonds is 3. The zero-order valence-electron chi connectivity index (χ0n) is 17.8. The number of amides is 3. The Bertz CT molecular complexity index is 1170. The number of hydrogen-bond acceptors (Lipinski definition) is 4. The Morgan fingerprint density at radius 2 is 1.91 bits per heavy atom. The van der Waals surface area contributed by atoms with Crippen molar-refractivity contribution in [1.82, 2.24) is 9.80 Å². The van der Waals surface area contributed by atoms with E-state index in [-0.39, 0.29) is 23.8 Å². The second-order valence-electron chi connectivity index (χ2n) is 9.36. The molecule has 4 unspecified atom stereocenters. The number of nitrogens with one attached hydrogen (secondary N) is 1. The number of imide groups is 1. The first kappa shape index (κ1) is 19.9. The summed E-state index contributed by atoms with van der Waals surface area (Å²) in [5.74, 6) is -1.80. The van der Waals surface area contributed by atoms with Crippen LogP contribution in [0.4, 0.5) is 5.69 Å². The average Bonchev–Trinajstić information content (AvgIpc) is 3.47. The van der Waals surface area contributed by atoms with Crippen molar-refractivity contribution in [2.45, 2.75) is 37.8 Å². The topological polar surface area (TPSA) is 69.7 Å². The molecule has 1 N–H and O–H groups in total. The van der Waals surface area contributed by atoms with Crippen LogP contribution in [0.25, 0.3) is 0 Å². The molecule has 6 nitrogen and oxygen atoms in total. The molecular formula is C25H24ClN3O3. The number of anilines is 1. The molecule has 0 radical (unpaired) electrons. The molecule has 2 aromatic carbocycles. The normalized spacial score (nSPS) is 30.8. The highest BCUT2D eigenvalue weighted by Gasteiger charge is 2.74. The van der Waals surface area contributed by atoms with Crippen LogP contribution in [0.2, 0.25) is 5.02 Å². The summed E-state index contributed by atoms with van der Waals surface area (Å²) < 4.78 is 0. The van der Waals surface area contributed by atoms with E-state index in [0.29, 0.717) is 30.2 Å². The zero-order valence-corrected chi connectivity index (χ0v) is 18.6. The van der Waals surface area contributed by atoms with Crippen LogP contribution in [0.3, 0.4) is 0 Å². The van der Waals surface area contributed by atoms with Gasteiger partial charge in [-0.3, -0.25) is 24.2 Å². The van der Waals surface area contributed by atoms with Crippen molar-refractivity contribution >= 4 is 35.0 Å². The highest BCUT2D eigenvalue weighted by atomic mass is 35.5. The third-order valence-electron chi connectivity index (χ3n) is 7.76. The van der Waals surface area contributed by atoms with Crippen molar-refractivity contribution in [3.05, 3.63) is 64.2 Å². The van der Waals surface area contributed by atoms with Gasteiger partial charge >= 0.3 is 0 Å². The lowest BCUT2D eigenvalue weighted by atomic mass is 9.75. The number of aryl methyl sites for hydroxylation is 1. The average molecular weight is 450 g/mol. The minimum Gasteiger partial charge on any atom is -0.323 e. The van der Waals surface area contributed by atoms with E-state index in [1.54, 1.807) is 0 Å². The molecule has 4 heterocycles. The molecule has 4 aliphatic heterocycles. The lowest BCUT2D eigenvalue weighted by Gasteiger charge is -2.36. The number of carbonyl (C=O) groups is 3. The van der Waals surface area contributed by atoms with E-state index in [1.807, 2.05) is 49.4 Å². The number of nitrogens with zero attached hydrogens (tertiary/aromatic N) is 2. The number of benzene rings is 2. The molecule has 3 saturated heterocycles. The molecule has 1 spiro atoms. The van der Waals surface area contributed by atoms with Crippen LogP contribution in [0.5, 0.6) is 0 Å². The van der Waals surface area contributed by atoms with E-state index in [4.69, 9.17) is 11.6 Å². The van der Waals surface area contributed by atoms with Crippen LogP contribution in [-0.2, 0) is 26.3 Å². The number of fused-ring (bicyclic) bond motifs is 7. The second-order valence-corrected chi connectivity index (χ2v) is 9.77. The smallest absolute Gasteiger partial charge is 0.250 e. The summed E-state index contributed by atoms with van der Waals surface area (Å²) in [4.78, 5) is 44.6. The standard InChI is InChI=1S/C25H24ClN3O3/c1-14-12-16-21(17(26)13-14)27-24(32)25(16)20-19(18-8-5-10-29(18)25)22(30)28(23(20)31)11-9-15-6-3-2-4-7-15/h2-4,6-7,12-13,18-20H,5,8-11H2,1H3,(H,27,32). The maximum absolute atomic E-state index is 13.8. The van der Waals surface area contributed by atoms with Gasteiger partial charge in [0.15, 0.2) is 0 Å². The summed E-state index contributed by atoms with van der Waals surface area (Å²) >= 11 is 6.50. The van der Waals surface area contributed by atoms with Crippen molar-refractivity contribution < 1.29 is 14.4 Å². The summed E-state index contributed by atoms with van der Waals surface area (Å²) in [6, 6.07) is 13.5. The predicted octanol–water partition coefficient (Wildman–Crippen LogP) is 3.12. The van der Waals surface area contributed by atoms with Crippen molar-refractivity contribution in [2.75, 3.05) is 18.4 Å². The number of hydrogen-bond donors (Lipinski definition) is 1. The van der Waals surface area contributed by atoms with Crippen LogP contribution >= 0.6 is 11.6 Å². The molecule has 0 aliphatic carbocycles. The fraction of sp³-hybridized carbons (Fsp3) is 0.400. The van der Waals surface area contributed by atoms with Gasteiger partial charge in [0.05, 0.1) is 22.5 Å². The first-order chi connectivity index (χ1) is 15.4. The van der Waals surface area contributed by atoms with E-state index in [2.05, 4.69) is 10.2 Å². The number of likely N-dealkylation sites (tertiary alicyclic amines) is 1. The van der Waals surface area contributed by atoms with Crippen molar-refractivity contribution in [3.8, 4) is 0 Å². The Balaban J connectivity index is 1.44. The van der Waals surface area contributed by atoms with Crippen LogP contribution in [0.15, 0.2) is 42.5 Å². The third-order valence-corrected chi connectivity index (χ3v) is 8.05. The van der Waals surface area contributed by atoms with Gasteiger partial charge in [-0.2, -0.15) is 0 Å². The van der Waals surface area contributed by atoms with Crippen LogP contribution in [0.1, 0.15) is 29.5 Å². The zero-order chi connectivity index (χ0) is 22.2. The minimum atomic E-state index is -1.16. The van der Waals surface area contributed by atoms with E-state index in [1.165, 1.54) is 4.90 Å². The minimum absolute atomic E-state index is 0.103. The quantitative estimate of drug-likeness (QED) is 0.731. The van der Waals surface area contributed by atoms with Crippen LogP contribution < -0.4 is 5.32 Å². The Kier molecular flexibility index (Phi) is 4.30. The van der Waals surface area contributed by atoms with Gasteiger partial charge in [-0.25, -0.2) is 0 Å². The summed E-state index contributed by atoms with van der Waals surface area (Å²) in [5, 5.41) is 3.44. The van der Waals surface area contributed by atoms with Crippen molar-refractivity contribution in [3.63, 3.8) is 0 Å². The van der Waals surface area contributed by atoms with Gasteiger partial charge in [0.25, 0.3) is 5.91 Å².